The molecule has 0 heterocycles. The first-order valence-electron chi connectivity index (χ1n) is 5.25. The van der Waals surface area contributed by atoms with Crippen LogP contribution in [0, 0.1) is 0 Å². The molecule has 2 aromatic carbocycles. The van der Waals surface area contributed by atoms with Gasteiger partial charge in [0.05, 0.1) is 0 Å². The van der Waals surface area contributed by atoms with E-state index >= 15 is 0 Å². The molecule has 1 nitrogen and oxygen atoms in total. The first-order valence-corrected chi connectivity index (χ1v) is 5.70. The summed E-state index contributed by atoms with van der Waals surface area (Å²) in [6, 6.07) is 15.8. The van der Waals surface area contributed by atoms with Crippen molar-refractivity contribution in [2.75, 3.05) is 0 Å². The molecule has 0 aliphatic heterocycles. The minimum atomic E-state index is 0.229. The van der Waals surface area contributed by atoms with E-state index in [0.29, 0.717) is 10.8 Å². The summed E-state index contributed by atoms with van der Waals surface area (Å²) in [6.45, 7) is 2.15. The fourth-order valence-electron chi connectivity index (χ4n) is 1.74. The Labute approximate surface area is 101 Å². The lowest BCUT2D eigenvalue weighted by atomic mass is 9.93. The quantitative estimate of drug-likeness (QED) is 0.751. The third-order valence-corrected chi connectivity index (χ3v) is 3.16. The first kappa shape index (κ1) is 11.1. The van der Waals surface area contributed by atoms with Gasteiger partial charge in [0.25, 0.3) is 0 Å². The van der Waals surface area contributed by atoms with Crippen LogP contribution >= 0.6 is 12.6 Å². The van der Waals surface area contributed by atoms with Crippen LogP contribution < -0.4 is 0 Å². The molecule has 0 aliphatic carbocycles. The molecule has 0 saturated heterocycles. The lowest BCUT2D eigenvalue weighted by Gasteiger charge is -2.13. The number of benzene rings is 2. The number of aromatic hydroxyl groups is 1. The van der Waals surface area contributed by atoms with Crippen molar-refractivity contribution in [1.82, 2.24) is 0 Å². The van der Waals surface area contributed by atoms with Gasteiger partial charge in [0.1, 0.15) is 5.75 Å². The summed E-state index contributed by atoms with van der Waals surface area (Å²) in [4.78, 5) is 0.625. The van der Waals surface area contributed by atoms with Crippen LogP contribution in [-0.4, -0.2) is 5.11 Å². The number of phenolic OH excluding ortho intramolecular Hbond substituents is 1. The van der Waals surface area contributed by atoms with Gasteiger partial charge >= 0.3 is 0 Å². The molecule has 0 bridgehead atoms. The molecule has 2 rings (SSSR count). The van der Waals surface area contributed by atoms with Crippen LogP contribution in [0.2, 0.25) is 0 Å². The zero-order valence-corrected chi connectivity index (χ0v) is 9.99. The van der Waals surface area contributed by atoms with Crippen LogP contribution in [-0.2, 0) is 0 Å². The molecule has 0 saturated carbocycles. The molecule has 2 heteroatoms. The molecule has 82 valence electrons. The highest BCUT2D eigenvalue weighted by molar-refractivity contribution is 7.80. The zero-order valence-electron chi connectivity index (χ0n) is 9.09. The Bertz CT molecular complexity index is 479. The van der Waals surface area contributed by atoms with Crippen LogP contribution in [0.4, 0.5) is 0 Å². The summed E-state index contributed by atoms with van der Waals surface area (Å²) >= 11 is 4.22. The number of hydrogen-bond acceptors (Lipinski definition) is 2. The molecule has 1 N–H and O–H groups in total. The maximum atomic E-state index is 9.42. The molecule has 0 fully saturated rings. The van der Waals surface area contributed by atoms with Crippen molar-refractivity contribution in [2.24, 2.45) is 0 Å². The van der Waals surface area contributed by atoms with Gasteiger partial charge in [-0.3, -0.25) is 0 Å². The van der Waals surface area contributed by atoms with E-state index in [1.54, 1.807) is 6.07 Å². The monoisotopic (exact) mass is 230 g/mol. The van der Waals surface area contributed by atoms with Crippen molar-refractivity contribution in [1.29, 1.82) is 0 Å². The molecular weight excluding hydrogens is 216 g/mol. The van der Waals surface area contributed by atoms with Crippen LogP contribution in [0.15, 0.2) is 53.4 Å². The highest BCUT2D eigenvalue weighted by Crippen LogP contribution is 2.29. The van der Waals surface area contributed by atoms with E-state index in [4.69, 9.17) is 0 Å². The molecule has 0 aromatic heterocycles. The molecule has 0 radical (unpaired) electrons. The number of rotatable bonds is 2. The first-order chi connectivity index (χ1) is 7.68. The number of phenols is 1. The van der Waals surface area contributed by atoms with Crippen LogP contribution in [0.5, 0.6) is 5.75 Å². The van der Waals surface area contributed by atoms with E-state index in [0.717, 1.165) is 5.56 Å². The van der Waals surface area contributed by atoms with E-state index in [9.17, 15) is 5.11 Å². The van der Waals surface area contributed by atoms with Crippen LogP contribution in [0.25, 0.3) is 0 Å². The predicted octanol–water partition coefficient (Wildman–Crippen LogP) is 3.83. The molecule has 16 heavy (non-hydrogen) atoms. The second-order valence-corrected chi connectivity index (χ2v) is 4.36. The molecule has 0 spiro atoms. The average Bonchev–Trinajstić information content (AvgIpc) is 2.33. The summed E-state index contributed by atoms with van der Waals surface area (Å²) in [5.41, 5.74) is 2.43. The third-order valence-electron chi connectivity index (χ3n) is 2.80. The van der Waals surface area contributed by atoms with E-state index in [-0.39, 0.29) is 5.75 Å². The van der Waals surface area contributed by atoms with Gasteiger partial charge in [-0.2, -0.15) is 0 Å². The van der Waals surface area contributed by atoms with Crippen molar-refractivity contribution in [3.63, 3.8) is 0 Å². The number of thiol groups is 1. The van der Waals surface area contributed by atoms with Crippen molar-refractivity contribution in [3.8, 4) is 5.75 Å². The number of hydrogen-bond donors (Lipinski definition) is 2. The molecule has 1 unspecified atom stereocenters. The molecule has 0 aliphatic rings. The van der Waals surface area contributed by atoms with E-state index < -0.39 is 0 Å². The Balaban J connectivity index is 2.34. The lowest BCUT2D eigenvalue weighted by molar-refractivity contribution is 0.462. The topological polar surface area (TPSA) is 20.2 Å². The average molecular weight is 230 g/mol. The minimum Gasteiger partial charge on any atom is -0.507 e. The van der Waals surface area contributed by atoms with Crippen molar-refractivity contribution < 1.29 is 5.11 Å². The van der Waals surface area contributed by atoms with Crippen LogP contribution in [0.1, 0.15) is 24.0 Å². The minimum absolute atomic E-state index is 0.229. The summed E-state index contributed by atoms with van der Waals surface area (Å²) in [7, 11) is 0. The van der Waals surface area contributed by atoms with Gasteiger partial charge in [-0.1, -0.05) is 43.3 Å². The highest BCUT2D eigenvalue weighted by atomic mass is 32.1. The Kier molecular flexibility index (Phi) is 3.20. The smallest absolute Gasteiger partial charge is 0.128 e. The second-order valence-electron chi connectivity index (χ2n) is 3.88. The molecule has 0 amide bonds. The Morgan fingerprint density at radius 3 is 2.31 bits per heavy atom. The molecule has 1 atom stereocenters. The molecular formula is C14H14OS. The maximum absolute atomic E-state index is 9.42. The maximum Gasteiger partial charge on any atom is 0.128 e. The van der Waals surface area contributed by atoms with Gasteiger partial charge in [-0.05, 0) is 23.3 Å². The zero-order chi connectivity index (χ0) is 11.5. The summed E-state index contributed by atoms with van der Waals surface area (Å²) < 4.78 is 0. The Morgan fingerprint density at radius 1 is 1.00 bits per heavy atom. The summed E-state index contributed by atoms with van der Waals surface area (Å²) in [5, 5.41) is 9.42. The van der Waals surface area contributed by atoms with E-state index in [1.165, 1.54) is 5.56 Å². The largest absolute Gasteiger partial charge is 0.507 e. The third kappa shape index (κ3) is 2.22. The van der Waals surface area contributed by atoms with E-state index in [1.807, 2.05) is 30.3 Å². The van der Waals surface area contributed by atoms with Gasteiger partial charge in [0, 0.05) is 10.8 Å². The van der Waals surface area contributed by atoms with Gasteiger partial charge in [-0.15, -0.1) is 12.6 Å². The summed E-state index contributed by atoms with van der Waals surface area (Å²) in [6.07, 6.45) is 0. The van der Waals surface area contributed by atoms with Crippen molar-refractivity contribution in [2.45, 2.75) is 17.7 Å². The summed E-state index contributed by atoms with van der Waals surface area (Å²) in [5.74, 6) is 0.542. The fourth-order valence-corrected chi connectivity index (χ4v) is 1.97. The Morgan fingerprint density at radius 2 is 1.69 bits per heavy atom. The van der Waals surface area contributed by atoms with Crippen molar-refractivity contribution >= 4 is 12.6 Å². The van der Waals surface area contributed by atoms with Gasteiger partial charge < -0.3 is 5.11 Å². The van der Waals surface area contributed by atoms with Gasteiger partial charge in [0.15, 0.2) is 0 Å². The van der Waals surface area contributed by atoms with Crippen molar-refractivity contribution in [3.05, 3.63) is 59.7 Å². The normalized spacial score (nSPS) is 12.4. The lowest BCUT2D eigenvalue weighted by Crippen LogP contribution is -1.95. The fraction of sp³-hybridized carbons (Fsp3) is 0.143. The Hall–Kier alpha value is -1.41. The predicted molar refractivity (Wildman–Crippen MR) is 69.3 cm³/mol. The van der Waals surface area contributed by atoms with Gasteiger partial charge in [-0.25, -0.2) is 0 Å². The highest BCUT2D eigenvalue weighted by Gasteiger charge is 2.09. The molecule has 2 aromatic rings. The van der Waals surface area contributed by atoms with Crippen LogP contribution in [0.3, 0.4) is 0 Å². The standard InChI is InChI=1S/C14H14OS/c1-10(11-5-3-2-4-6-11)12-7-8-13(15)14(16)9-12/h2-10,15-16H,1H3. The second kappa shape index (κ2) is 4.62. The van der Waals surface area contributed by atoms with Gasteiger partial charge in [0.2, 0.25) is 0 Å². The van der Waals surface area contributed by atoms with E-state index in [2.05, 4.69) is 31.7 Å². The SMILES string of the molecule is CC(c1ccccc1)c1ccc(O)c(S)c1.